The Morgan fingerprint density at radius 1 is 0.889 bits per heavy atom. The zero-order chi connectivity index (χ0) is 20.3. The molecule has 27 heavy (non-hydrogen) atoms. The summed E-state index contributed by atoms with van der Waals surface area (Å²) in [6.45, 7) is 12.3. The highest BCUT2D eigenvalue weighted by Crippen LogP contribution is 2.20. The molecule has 0 aliphatic carbocycles. The van der Waals surface area contributed by atoms with E-state index in [2.05, 4.69) is 0 Å². The second-order valence-electron chi connectivity index (χ2n) is 6.48. The Morgan fingerprint density at radius 3 is 1.96 bits per heavy atom. The molecular formula is C19H36N2O5Si. The zero-order valence-electron chi connectivity index (χ0n) is 17.6. The molecular weight excluding hydrogens is 364 g/mol. The molecule has 0 bridgehead atoms. The molecule has 0 aliphatic heterocycles. The zero-order valence-corrected chi connectivity index (χ0v) is 18.6. The van der Waals surface area contributed by atoms with Crippen LogP contribution in [-0.4, -0.2) is 37.8 Å². The van der Waals surface area contributed by atoms with Gasteiger partial charge in [-0.15, -0.1) is 0 Å². The lowest BCUT2D eigenvalue weighted by Gasteiger charge is -2.28. The molecule has 0 saturated heterocycles. The van der Waals surface area contributed by atoms with Gasteiger partial charge in [-0.2, -0.15) is 0 Å². The van der Waals surface area contributed by atoms with Crippen LogP contribution in [0.5, 0.6) is 0 Å². The third-order valence-corrected chi connectivity index (χ3v) is 7.60. The second kappa shape index (κ2) is 12.3. The number of aryl methyl sites for hydroxylation is 2. The summed E-state index contributed by atoms with van der Waals surface area (Å²) in [4.78, 5) is 24.3. The van der Waals surface area contributed by atoms with Gasteiger partial charge in [0.05, 0.1) is 0 Å². The first-order valence-electron chi connectivity index (χ1n) is 10.2. The van der Waals surface area contributed by atoms with Crippen molar-refractivity contribution in [2.24, 2.45) is 0 Å². The topological polar surface area (TPSA) is 71.7 Å². The highest BCUT2D eigenvalue weighted by Gasteiger charge is 2.39. The van der Waals surface area contributed by atoms with E-state index < -0.39 is 8.80 Å². The first kappa shape index (κ1) is 23.8. The van der Waals surface area contributed by atoms with Crippen molar-refractivity contribution >= 4 is 8.80 Å². The van der Waals surface area contributed by atoms with E-state index in [0.29, 0.717) is 38.5 Å². The molecule has 0 atom stereocenters. The van der Waals surface area contributed by atoms with Crippen molar-refractivity contribution in [1.29, 1.82) is 0 Å². The van der Waals surface area contributed by atoms with Gasteiger partial charge in [-0.25, -0.2) is 4.79 Å². The first-order chi connectivity index (χ1) is 12.9. The molecule has 0 saturated carbocycles. The van der Waals surface area contributed by atoms with Gasteiger partial charge in [0.1, 0.15) is 0 Å². The number of hydrogen-bond acceptors (Lipinski definition) is 5. The van der Waals surface area contributed by atoms with Gasteiger partial charge >= 0.3 is 14.5 Å². The summed E-state index contributed by atoms with van der Waals surface area (Å²) in [6.07, 6.45) is 5.59. The normalized spacial score (nSPS) is 11.9. The molecule has 0 radical (unpaired) electrons. The van der Waals surface area contributed by atoms with Crippen molar-refractivity contribution in [2.75, 3.05) is 19.8 Å². The molecule has 156 valence electrons. The van der Waals surface area contributed by atoms with Crippen molar-refractivity contribution < 1.29 is 13.3 Å². The summed E-state index contributed by atoms with van der Waals surface area (Å²) in [7, 11) is -2.55. The van der Waals surface area contributed by atoms with Crippen molar-refractivity contribution in [3.05, 3.63) is 32.6 Å². The van der Waals surface area contributed by atoms with Gasteiger partial charge in [0.2, 0.25) is 0 Å². The molecule has 7 nitrogen and oxygen atoms in total. The molecule has 0 amide bonds. The Labute approximate surface area is 163 Å². The van der Waals surface area contributed by atoms with Gasteiger partial charge in [-0.3, -0.25) is 9.36 Å². The lowest BCUT2D eigenvalue weighted by atomic mass is 10.2. The van der Waals surface area contributed by atoms with Crippen molar-refractivity contribution in [2.45, 2.75) is 79.4 Å². The third kappa shape index (κ3) is 7.02. The van der Waals surface area contributed by atoms with E-state index in [4.69, 9.17) is 13.3 Å². The number of hydrogen-bond donors (Lipinski definition) is 0. The summed E-state index contributed by atoms with van der Waals surface area (Å²) in [5.74, 6) is 0. The number of rotatable bonds is 14. The Bertz CT molecular complexity index is 654. The lowest BCUT2D eigenvalue weighted by Crippen LogP contribution is -2.45. The van der Waals surface area contributed by atoms with Gasteiger partial charge in [0.15, 0.2) is 0 Å². The molecule has 0 unspecified atom stereocenters. The number of nitrogens with zero attached hydrogens (tertiary/aromatic N) is 2. The van der Waals surface area contributed by atoms with Crippen LogP contribution in [0.2, 0.25) is 6.04 Å². The Hall–Kier alpha value is -1.22. The minimum absolute atomic E-state index is 0.192. The fourth-order valence-corrected chi connectivity index (χ4v) is 5.90. The van der Waals surface area contributed by atoms with Gasteiger partial charge in [0.25, 0.3) is 5.56 Å². The van der Waals surface area contributed by atoms with Crippen LogP contribution in [0, 0.1) is 6.92 Å². The van der Waals surface area contributed by atoms with Gasteiger partial charge in [0, 0.05) is 50.7 Å². The van der Waals surface area contributed by atoms with Gasteiger partial charge in [-0.1, -0.05) is 12.8 Å². The minimum atomic E-state index is -2.55. The summed E-state index contributed by atoms with van der Waals surface area (Å²) in [5, 5.41) is 0. The SMILES string of the molecule is CCO[Si](CCCCCCn1cc(C)c(=O)n(CC)c1=O)(OCC)OCC. The largest absolute Gasteiger partial charge is 0.500 e. The minimum Gasteiger partial charge on any atom is -0.374 e. The summed E-state index contributed by atoms with van der Waals surface area (Å²) < 4.78 is 20.6. The maximum atomic E-state index is 12.3. The fourth-order valence-electron chi connectivity index (χ4n) is 3.22. The Kier molecular flexibility index (Phi) is 10.8. The summed E-state index contributed by atoms with van der Waals surface area (Å²) in [6, 6.07) is 0.822. The smallest absolute Gasteiger partial charge is 0.374 e. The summed E-state index contributed by atoms with van der Waals surface area (Å²) >= 11 is 0. The van der Waals surface area contributed by atoms with Crippen LogP contribution in [-0.2, 0) is 26.4 Å². The highest BCUT2D eigenvalue weighted by molar-refractivity contribution is 6.60. The van der Waals surface area contributed by atoms with Crippen molar-refractivity contribution in [3.63, 3.8) is 0 Å². The van der Waals surface area contributed by atoms with Crippen molar-refractivity contribution in [3.8, 4) is 0 Å². The predicted molar refractivity (Wildman–Crippen MR) is 109 cm³/mol. The molecule has 0 aromatic carbocycles. The average molecular weight is 401 g/mol. The molecule has 0 fully saturated rings. The molecule has 1 aromatic rings. The molecule has 8 heteroatoms. The Balaban J connectivity index is 2.52. The van der Waals surface area contributed by atoms with Crippen LogP contribution >= 0.6 is 0 Å². The van der Waals surface area contributed by atoms with E-state index in [1.807, 2.05) is 27.7 Å². The quantitative estimate of drug-likeness (QED) is 0.355. The molecule has 1 rings (SSSR count). The number of unbranched alkanes of at least 4 members (excludes halogenated alkanes) is 3. The lowest BCUT2D eigenvalue weighted by molar-refractivity contribution is 0.0706. The average Bonchev–Trinajstić information content (AvgIpc) is 2.63. The van der Waals surface area contributed by atoms with Gasteiger partial charge < -0.3 is 17.8 Å². The van der Waals surface area contributed by atoms with E-state index in [9.17, 15) is 9.59 Å². The van der Waals surface area contributed by atoms with E-state index in [1.54, 1.807) is 17.7 Å². The second-order valence-corrected chi connectivity index (χ2v) is 9.22. The van der Waals surface area contributed by atoms with E-state index in [0.717, 1.165) is 31.7 Å². The highest BCUT2D eigenvalue weighted by atomic mass is 28.4. The molecule has 0 aliphatic rings. The molecule has 1 aromatic heterocycles. The standard InChI is InChI=1S/C19H36N2O5Si/c1-6-21-18(22)17(5)16-20(19(21)23)14-12-10-11-13-15-27(24-7-2,25-8-3)26-9-4/h16H,6-15H2,1-5H3. The molecule has 1 heterocycles. The van der Waals surface area contributed by atoms with Gasteiger partial charge in [-0.05, 0) is 47.5 Å². The first-order valence-corrected chi connectivity index (χ1v) is 12.1. The molecule has 0 spiro atoms. The Morgan fingerprint density at radius 2 is 1.44 bits per heavy atom. The van der Waals surface area contributed by atoms with Crippen LogP contribution in [0.15, 0.2) is 15.8 Å². The summed E-state index contributed by atoms with van der Waals surface area (Å²) in [5.41, 5.74) is 0.198. The van der Waals surface area contributed by atoms with Crippen molar-refractivity contribution in [1.82, 2.24) is 9.13 Å². The maximum Gasteiger partial charge on any atom is 0.500 e. The third-order valence-electron chi connectivity index (χ3n) is 4.45. The monoisotopic (exact) mass is 400 g/mol. The fraction of sp³-hybridized carbons (Fsp3) is 0.789. The maximum absolute atomic E-state index is 12.3. The van der Waals surface area contributed by atoms with E-state index >= 15 is 0 Å². The van der Waals surface area contributed by atoms with E-state index in [1.165, 1.54) is 4.57 Å². The van der Waals surface area contributed by atoms with Crippen LogP contribution < -0.4 is 11.2 Å². The van der Waals surface area contributed by atoms with Crippen LogP contribution in [0.4, 0.5) is 0 Å². The van der Waals surface area contributed by atoms with Crippen LogP contribution in [0.1, 0.15) is 58.9 Å². The van der Waals surface area contributed by atoms with Crippen LogP contribution in [0.25, 0.3) is 0 Å². The van der Waals surface area contributed by atoms with E-state index in [-0.39, 0.29) is 11.2 Å². The number of aromatic nitrogens is 2. The molecule has 0 N–H and O–H groups in total. The van der Waals surface area contributed by atoms with Crippen LogP contribution in [0.3, 0.4) is 0 Å². The predicted octanol–water partition coefficient (Wildman–Crippen LogP) is 2.95.